The Kier molecular flexibility index (Phi) is 19.4. The largest absolute Gasteiger partial charge is 0.491 e. The highest BCUT2D eigenvalue weighted by molar-refractivity contribution is 5.58. The number of hydrogen-bond acceptors (Lipinski definition) is 12. The molecule has 12 nitrogen and oxygen atoms in total. The van der Waals surface area contributed by atoms with Gasteiger partial charge < -0.3 is 58.3 Å². The number of aliphatic hydroxyl groups is 4. The molecule has 0 spiro atoms. The Morgan fingerprint density at radius 1 is 0.317 bits per heavy atom. The zero-order valence-corrected chi connectivity index (χ0v) is 35.8. The molecule has 0 aromatic heterocycles. The maximum Gasteiger partial charge on any atom is 0.126 e. The molecule has 0 heterocycles. The lowest BCUT2D eigenvalue weighted by molar-refractivity contribution is 0.108. The minimum atomic E-state index is -0.202. The number of benzene rings is 4. The summed E-state index contributed by atoms with van der Waals surface area (Å²) < 4.78 is 49.3. The van der Waals surface area contributed by atoms with Crippen LogP contribution in [0.4, 0.5) is 0 Å². The minimum Gasteiger partial charge on any atom is -0.491 e. The molecule has 5 rings (SSSR count). The average Bonchev–Trinajstić information content (AvgIpc) is 3.25. The zero-order chi connectivity index (χ0) is 42.7. The van der Waals surface area contributed by atoms with Gasteiger partial charge in [0.2, 0.25) is 0 Å². The molecular formula is C48H64O12. The lowest BCUT2D eigenvalue weighted by Crippen LogP contribution is -2.15. The van der Waals surface area contributed by atoms with E-state index in [9.17, 15) is 20.4 Å². The van der Waals surface area contributed by atoms with Gasteiger partial charge in [-0.1, -0.05) is 0 Å². The number of hydrogen-bond donors (Lipinski definition) is 4. The van der Waals surface area contributed by atoms with Gasteiger partial charge >= 0.3 is 0 Å². The van der Waals surface area contributed by atoms with Crippen LogP contribution in [-0.4, -0.2) is 99.7 Å². The summed E-state index contributed by atoms with van der Waals surface area (Å²) in [5.74, 6) is 2.59. The quantitative estimate of drug-likeness (QED) is 0.0540. The van der Waals surface area contributed by atoms with E-state index in [4.69, 9.17) is 37.9 Å². The highest BCUT2D eigenvalue weighted by Crippen LogP contribution is 2.41. The summed E-state index contributed by atoms with van der Waals surface area (Å²) in [6.45, 7) is 11.8. The highest BCUT2D eigenvalue weighted by atomic mass is 16.5. The van der Waals surface area contributed by atoms with Crippen LogP contribution in [0.5, 0.6) is 23.0 Å². The van der Waals surface area contributed by atoms with E-state index in [-0.39, 0.29) is 26.4 Å². The van der Waals surface area contributed by atoms with Crippen molar-refractivity contribution in [3.63, 3.8) is 0 Å². The third-order valence-electron chi connectivity index (χ3n) is 10.2. The molecular weight excluding hydrogens is 769 g/mol. The molecule has 0 fully saturated rings. The van der Waals surface area contributed by atoms with Gasteiger partial charge in [-0.05, 0) is 143 Å². The fourth-order valence-corrected chi connectivity index (χ4v) is 7.67. The molecule has 0 unspecified atom stereocenters. The highest BCUT2D eigenvalue weighted by Gasteiger charge is 2.24. The van der Waals surface area contributed by atoms with Gasteiger partial charge in [0.25, 0.3) is 0 Å². The Bertz CT molecular complexity index is 1570. The first kappa shape index (κ1) is 46.8. The lowest BCUT2D eigenvalue weighted by atomic mass is 9.88. The molecule has 1 aliphatic rings. The molecule has 60 heavy (non-hydrogen) atoms. The fraction of sp³-hybridized carbons (Fsp3) is 0.500. The van der Waals surface area contributed by atoms with E-state index in [1.807, 2.05) is 76.2 Å². The molecule has 0 radical (unpaired) electrons. The maximum atomic E-state index is 10.7. The van der Waals surface area contributed by atoms with Gasteiger partial charge in [0.15, 0.2) is 0 Å². The van der Waals surface area contributed by atoms with Gasteiger partial charge in [-0.25, -0.2) is 0 Å². The van der Waals surface area contributed by atoms with E-state index in [1.54, 1.807) is 0 Å². The first-order valence-electron chi connectivity index (χ1n) is 21.2. The van der Waals surface area contributed by atoms with Gasteiger partial charge in [-0.15, -0.1) is 0 Å². The normalized spacial score (nSPS) is 12.4. The summed E-state index contributed by atoms with van der Waals surface area (Å²) in [5, 5.41) is 42.6. The first-order valence-corrected chi connectivity index (χ1v) is 21.2. The molecule has 0 saturated carbocycles. The van der Waals surface area contributed by atoms with Gasteiger partial charge in [-0.2, -0.15) is 0 Å². The van der Waals surface area contributed by atoms with Crippen molar-refractivity contribution in [2.75, 3.05) is 79.3 Å². The van der Waals surface area contributed by atoms with Crippen LogP contribution in [0.3, 0.4) is 0 Å². The van der Waals surface area contributed by atoms with E-state index in [0.29, 0.717) is 150 Å². The van der Waals surface area contributed by atoms with Gasteiger partial charge in [0, 0.05) is 52.1 Å². The van der Waals surface area contributed by atoms with Gasteiger partial charge in [-0.3, -0.25) is 0 Å². The molecule has 0 aliphatic heterocycles. The van der Waals surface area contributed by atoms with E-state index < -0.39 is 0 Å². The third kappa shape index (κ3) is 12.9. The van der Waals surface area contributed by atoms with E-state index in [2.05, 4.69) is 0 Å². The Labute approximate surface area is 354 Å². The molecule has 0 atom stereocenters. The van der Waals surface area contributed by atoms with Crippen molar-refractivity contribution in [3.05, 3.63) is 115 Å². The van der Waals surface area contributed by atoms with Crippen molar-refractivity contribution < 1.29 is 58.3 Å². The van der Waals surface area contributed by atoms with E-state index >= 15 is 0 Å². The maximum absolute atomic E-state index is 10.7. The molecule has 8 bridgehead atoms. The first-order chi connectivity index (χ1) is 29.4. The Morgan fingerprint density at radius 3 is 0.650 bits per heavy atom. The second kappa shape index (κ2) is 24.9. The Morgan fingerprint density at radius 2 is 0.500 bits per heavy atom. The van der Waals surface area contributed by atoms with Crippen LogP contribution in [0.2, 0.25) is 0 Å². The summed E-state index contributed by atoms with van der Waals surface area (Å²) in [7, 11) is 0. The summed E-state index contributed by atoms with van der Waals surface area (Å²) in [5.41, 5.74) is 9.35. The molecule has 0 amide bonds. The number of aliphatic hydroxyl groups excluding tert-OH is 4. The molecule has 1 aliphatic carbocycles. The van der Waals surface area contributed by atoms with Crippen LogP contribution in [0.15, 0.2) is 48.5 Å². The van der Waals surface area contributed by atoms with E-state index in [1.165, 1.54) is 0 Å². The second-order valence-electron chi connectivity index (χ2n) is 14.5. The Balaban J connectivity index is 1.84. The van der Waals surface area contributed by atoms with Gasteiger partial charge in [0.05, 0.1) is 52.9 Å². The summed E-state index contributed by atoms with van der Waals surface area (Å²) in [4.78, 5) is 0. The summed E-state index contributed by atoms with van der Waals surface area (Å²) in [6, 6.07) is 15.6. The third-order valence-corrected chi connectivity index (χ3v) is 10.2. The molecule has 12 heteroatoms. The van der Waals surface area contributed by atoms with Crippen molar-refractivity contribution in [3.8, 4) is 23.0 Å². The second-order valence-corrected chi connectivity index (χ2v) is 14.5. The van der Waals surface area contributed by atoms with E-state index in [0.717, 1.165) is 44.5 Å². The molecule has 4 aromatic carbocycles. The predicted molar refractivity (Wildman–Crippen MR) is 229 cm³/mol. The number of fused-ring (bicyclic) bond motifs is 8. The topological polar surface area (TPSA) is 155 Å². The van der Waals surface area contributed by atoms with Crippen molar-refractivity contribution in [1.29, 1.82) is 0 Å². The summed E-state index contributed by atoms with van der Waals surface area (Å²) >= 11 is 0. The predicted octanol–water partition coefficient (Wildman–Crippen LogP) is 5.99. The van der Waals surface area contributed by atoms with Crippen LogP contribution >= 0.6 is 0 Å². The SMILES string of the molecule is CCOCCOc1c2cc(CO)cc1Cc1cc(CO)cc(c1OCCOCC)Cc1cc(CO)cc(c1OCCOCC)Cc1cc(CO)cc(c1OCCOCC)C2. The van der Waals surface area contributed by atoms with Crippen LogP contribution in [0.25, 0.3) is 0 Å². The molecule has 4 aromatic rings. The van der Waals surface area contributed by atoms with Crippen LogP contribution in [-0.2, 0) is 71.1 Å². The average molecular weight is 833 g/mol. The zero-order valence-electron chi connectivity index (χ0n) is 35.8. The van der Waals surface area contributed by atoms with Crippen LogP contribution < -0.4 is 18.9 Å². The lowest BCUT2D eigenvalue weighted by Gasteiger charge is -2.24. The van der Waals surface area contributed by atoms with Crippen molar-refractivity contribution in [2.45, 2.75) is 79.8 Å². The minimum absolute atomic E-state index is 0.202. The monoisotopic (exact) mass is 832 g/mol. The number of rotatable bonds is 24. The van der Waals surface area contributed by atoms with Gasteiger partial charge in [0.1, 0.15) is 49.4 Å². The Hall–Kier alpha value is -4.24. The van der Waals surface area contributed by atoms with Crippen molar-refractivity contribution in [2.24, 2.45) is 0 Å². The molecule has 328 valence electrons. The summed E-state index contributed by atoms with van der Waals surface area (Å²) in [6.07, 6.45) is 1.37. The van der Waals surface area contributed by atoms with Crippen molar-refractivity contribution in [1.82, 2.24) is 0 Å². The fourth-order valence-electron chi connectivity index (χ4n) is 7.67. The number of ether oxygens (including phenoxy) is 8. The van der Waals surface area contributed by atoms with Crippen LogP contribution in [0, 0.1) is 0 Å². The standard InChI is InChI=1S/C48H64O12/c1-5-53-9-13-57-45-37-17-33(29-49)18-38(45)26-40-20-35(31-51)22-42(47(40)59-15-11-55-7-3)28-44-24-36(32-52)23-43(48(44)60-16-12-56-8-4)27-41-21-34(30-50)19-39(25-37)46(41)58-14-10-54-6-2/h17-24,49-52H,5-16,25-32H2,1-4H3. The van der Waals surface area contributed by atoms with Crippen LogP contribution in [0.1, 0.15) is 94.5 Å². The van der Waals surface area contributed by atoms with Crippen molar-refractivity contribution >= 4 is 0 Å². The molecule has 4 N–H and O–H groups in total. The smallest absolute Gasteiger partial charge is 0.126 e. The molecule has 0 saturated heterocycles.